The molecule has 2 amide bonds. The average Bonchev–Trinajstić information content (AvgIpc) is 2.33. The minimum absolute atomic E-state index is 0.0752. The number of nitrogens with one attached hydrogen (secondary N) is 2. The summed E-state index contributed by atoms with van der Waals surface area (Å²) in [7, 11) is 0. The standard InChI is InChI=1S/C14H18N2O2S/c1-8-4-9(2)13(10(3)5-8)16-14(18)11-6-19-7-12(17)15-11/h4-5,11H,6-7H2,1-3H3,(H,15,17)(H,16,18). The van der Waals surface area contributed by atoms with Gasteiger partial charge in [0, 0.05) is 11.4 Å². The Labute approximate surface area is 117 Å². The van der Waals surface area contributed by atoms with Crippen molar-refractivity contribution in [2.75, 3.05) is 16.8 Å². The van der Waals surface area contributed by atoms with E-state index in [0.717, 1.165) is 16.8 Å². The molecule has 1 aliphatic rings. The molecule has 0 aliphatic carbocycles. The van der Waals surface area contributed by atoms with Crippen molar-refractivity contribution in [2.24, 2.45) is 0 Å². The van der Waals surface area contributed by atoms with Crippen LogP contribution in [0.1, 0.15) is 16.7 Å². The van der Waals surface area contributed by atoms with Gasteiger partial charge in [-0.3, -0.25) is 9.59 Å². The number of hydrogen-bond donors (Lipinski definition) is 2. The summed E-state index contributed by atoms with van der Waals surface area (Å²) < 4.78 is 0. The summed E-state index contributed by atoms with van der Waals surface area (Å²) in [5.41, 5.74) is 4.11. The van der Waals surface area contributed by atoms with E-state index in [1.807, 2.05) is 32.9 Å². The van der Waals surface area contributed by atoms with Crippen molar-refractivity contribution >= 4 is 29.3 Å². The van der Waals surface area contributed by atoms with E-state index in [2.05, 4.69) is 10.6 Å². The van der Waals surface area contributed by atoms with Gasteiger partial charge in [0.1, 0.15) is 6.04 Å². The van der Waals surface area contributed by atoms with Gasteiger partial charge in [0.05, 0.1) is 5.75 Å². The molecule has 2 N–H and O–H groups in total. The van der Waals surface area contributed by atoms with E-state index in [1.54, 1.807) is 0 Å². The first-order valence-electron chi connectivity index (χ1n) is 6.23. The van der Waals surface area contributed by atoms with E-state index < -0.39 is 6.04 Å². The second kappa shape index (κ2) is 5.65. The second-order valence-corrected chi connectivity index (χ2v) is 5.93. The highest BCUT2D eigenvalue weighted by molar-refractivity contribution is 8.00. The molecule has 1 aromatic carbocycles. The lowest BCUT2D eigenvalue weighted by Gasteiger charge is -2.23. The topological polar surface area (TPSA) is 58.2 Å². The molecule has 1 atom stereocenters. The zero-order valence-corrected chi connectivity index (χ0v) is 12.2. The summed E-state index contributed by atoms with van der Waals surface area (Å²) in [6, 6.07) is 3.64. The van der Waals surface area contributed by atoms with Crippen molar-refractivity contribution in [2.45, 2.75) is 26.8 Å². The fourth-order valence-corrected chi connectivity index (χ4v) is 3.13. The van der Waals surface area contributed by atoms with Crippen LogP contribution in [0, 0.1) is 20.8 Å². The van der Waals surface area contributed by atoms with Gasteiger partial charge in [-0.1, -0.05) is 17.7 Å². The van der Waals surface area contributed by atoms with Gasteiger partial charge in [-0.25, -0.2) is 0 Å². The van der Waals surface area contributed by atoms with Crippen LogP contribution in [0.2, 0.25) is 0 Å². The Bertz CT molecular complexity index is 505. The first kappa shape index (κ1) is 13.9. The molecule has 102 valence electrons. The van der Waals surface area contributed by atoms with Crippen LogP contribution in [0.3, 0.4) is 0 Å². The summed E-state index contributed by atoms with van der Waals surface area (Å²) in [6.07, 6.45) is 0. The lowest BCUT2D eigenvalue weighted by atomic mass is 10.0. The minimum Gasteiger partial charge on any atom is -0.343 e. The van der Waals surface area contributed by atoms with Gasteiger partial charge in [0.2, 0.25) is 11.8 Å². The Kier molecular flexibility index (Phi) is 4.14. The Morgan fingerprint density at radius 2 is 1.95 bits per heavy atom. The summed E-state index contributed by atoms with van der Waals surface area (Å²) >= 11 is 1.49. The third-order valence-electron chi connectivity index (χ3n) is 3.09. The van der Waals surface area contributed by atoms with Gasteiger partial charge in [-0.15, -0.1) is 11.8 Å². The van der Waals surface area contributed by atoms with Gasteiger partial charge < -0.3 is 10.6 Å². The zero-order chi connectivity index (χ0) is 14.0. The number of thioether (sulfide) groups is 1. The van der Waals surface area contributed by atoms with Crippen molar-refractivity contribution < 1.29 is 9.59 Å². The van der Waals surface area contributed by atoms with E-state index in [4.69, 9.17) is 0 Å². The first-order chi connectivity index (χ1) is 8.97. The minimum atomic E-state index is -0.439. The predicted octanol–water partition coefficient (Wildman–Crippen LogP) is 1.78. The molecule has 1 unspecified atom stereocenters. The molecule has 19 heavy (non-hydrogen) atoms. The summed E-state index contributed by atoms with van der Waals surface area (Å²) in [6.45, 7) is 5.98. The molecule has 0 bridgehead atoms. The van der Waals surface area contributed by atoms with Crippen molar-refractivity contribution in [1.82, 2.24) is 5.32 Å². The zero-order valence-electron chi connectivity index (χ0n) is 11.4. The molecule has 1 heterocycles. The predicted molar refractivity (Wildman–Crippen MR) is 78.5 cm³/mol. The Balaban J connectivity index is 2.13. The molecule has 1 aromatic rings. The quantitative estimate of drug-likeness (QED) is 0.867. The molecule has 2 rings (SSSR count). The Morgan fingerprint density at radius 1 is 1.32 bits per heavy atom. The van der Waals surface area contributed by atoms with E-state index in [0.29, 0.717) is 11.5 Å². The maximum atomic E-state index is 12.2. The van der Waals surface area contributed by atoms with Crippen LogP contribution in [0.4, 0.5) is 5.69 Å². The van der Waals surface area contributed by atoms with Crippen LogP contribution in [0.5, 0.6) is 0 Å². The van der Waals surface area contributed by atoms with E-state index in [1.165, 1.54) is 17.3 Å². The number of anilines is 1. The van der Waals surface area contributed by atoms with E-state index in [-0.39, 0.29) is 11.8 Å². The number of benzene rings is 1. The molecule has 4 nitrogen and oxygen atoms in total. The third-order valence-corrected chi connectivity index (χ3v) is 4.13. The van der Waals surface area contributed by atoms with Gasteiger partial charge in [-0.05, 0) is 31.9 Å². The Hall–Kier alpha value is -1.49. The van der Waals surface area contributed by atoms with E-state index >= 15 is 0 Å². The number of carbonyl (C=O) groups excluding carboxylic acids is 2. The van der Waals surface area contributed by atoms with Gasteiger partial charge >= 0.3 is 0 Å². The highest BCUT2D eigenvalue weighted by Crippen LogP contribution is 2.22. The lowest BCUT2D eigenvalue weighted by molar-refractivity contribution is -0.124. The molecule has 0 aromatic heterocycles. The largest absolute Gasteiger partial charge is 0.343 e. The molecular formula is C14H18N2O2S. The number of rotatable bonds is 2. The number of carbonyl (C=O) groups is 2. The van der Waals surface area contributed by atoms with Crippen molar-refractivity contribution in [1.29, 1.82) is 0 Å². The third kappa shape index (κ3) is 3.29. The monoisotopic (exact) mass is 278 g/mol. The molecule has 0 spiro atoms. The van der Waals surface area contributed by atoms with Gasteiger partial charge in [0.25, 0.3) is 0 Å². The Morgan fingerprint density at radius 3 is 2.53 bits per heavy atom. The second-order valence-electron chi connectivity index (χ2n) is 4.90. The first-order valence-corrected chi connectivity index (χ1v) is 7.38. The van der Waals surface area contributed by atoms with Crippen molar-refractivity contribution in [3.63, 3.8) is 0 Å². The SMILES string of the molecule is Cc1cc(C)c(NC(=O)C2CSCC(=O)N2)c(C)c1. The van der Waals surface area contributed by atoms with E-state index in [9.17, 15) is 9.59 Å². The van der Waals surface area contributed by atoms with Crippen LogP contribution >= 0.6 is 11.8 Å². The fourth-order valence-electron chi connectivity index (χ4n) is 2.28. The van der Waals surface area contributed by atoms with Crippen LogP contribution in [-0.2, 0) is 9.59 Å². The average molecular weight is 278 g/mol. The highest BCUT2D eigenvalue weighted by atomic mass is 32.2. The molecule has 1 aliphatic heterocycles. The lowest BCUT2D eigenvalue weighted by Crippen LogP contribution is -2.49. The number of hydrogen-bond acceptors (Lipinski definition) is 3. The molecule has 0 radical (unpaired) electrons. The summed E-state index contributed by atoms with van der Waals surface area (Å²) in [5, 5.41) is 5.64. The van der Waals surface area contributed by atoms with Crippen LogP contribution < -0.4 is 10.6 Å². The highest BCUT2D eigenvalue weighted by Gasteiger charge is 2.25. The van der Waals surface area contributed by atoms with Gasteiger partial charge in [0.15, 0.2) is 0 Å². The molecule has 0 saturated carbocycles. The van der Waals surface area contributed by atoms with Crippen molar-refractivity contribution in [3.05, 3.63) is 28.8 Å². The fraction of sp³-hybridized carbons (Fsp3) is 0.429. The molecule has 5 heteroatoms. The summed E-state index contributed by atoms with van der Waals surface area (Å²) in [4.78, 5) is 23.5. The normalized spacial score (nSPS) is 18.9. The number of amides is 2. The molecule has 1 fully saturated rings. The van der Waals surface area contributed by atoms with Crippen LogP contribution in [-0.4, -0.2) is 29.4 Å². The van der Waals surface area contributed by atoms with Gasteiger partial charge in [-0.2, -0.15) is 0 Å². The number of aryl methyl sites for hydroxylation is 3. The summed E-state index contributed by atoms with van der Waals surface area (Å²) in [5.74, 6) is 0.845. The van der Waals surface area contributed by atoms with Crippen LogP contribution in [0.25, 0.3) is 0 Å². The smallest absolute Gasteiger partial charge is 0.247 e. The molecule has 1 saturated heterocycles. The van der Waals surface area contributed by atoms with Crippen LogP contribution in [0.15, 0.2) is 12.1 Å². The van der Waals surface area contributed by atoms with Crippen molar-refractivity contribution in [3.8, 4) is 0 Å². The maximum absolute atomic E-state index is 12.2. The molecular weight excluding hydrogens is 260 g/mol. The maximum Gasteiger partial charge on any atom is 0.247 e.